The molecule has 1 aromatic rings. The number of benzene rings is 1. The second kappa shape index (κ2) is 8.52. The molecule has 0 aliphatic carbocycles. The molecular formula is C20H32N4. The van der Waals surface area contributed by atoms with E-state index in [4.69, 9.17) is 4.99 Å². The van der Waals surface area contributed by atoms with Crippen LogP contribution >= 0.6 is 0 Å². The van der Waals surface area contributed by atoms with Crippen molar-refractivity contribution >= 4 is 5.96 Å². The van der Waals surface area contributed by atoms with Crippen molar-refractivity contribution in [2.45, 2.75) is 32.6 Å². The van der Waals surface area contributed by atoms with E-state index in [1.54, 1.807) is 0 Å². The van der Waals surface area contributed by atoms with E-state index in [0.29, 0.717) is 5.92 Å². The van der Waals surface area contributed by atoms with Crippen molar-refractivity contribution in [1.29, 1.82) is 0 Å². The second-order valence-corrected chi connectivity index (χ2v) is 7.08. The van der Waals surface area contributed by atoms with Crippen LogP contribution in [0, 0.1) is 5.92 Å². The Morgan fingerprint density at radius 3 is 2.67 bits per heavy atom. The first-order chi connectivity index (χ1) is 11.8. The minimum absolute atomic E-state index is 0.636. The Bertz CT molecular complexity index is 528. The van der Waals surface area contributed by atoms with Gasteiger partial charge in [0.25, 0.3) is 0 Å². The lowest BCUT2D eigenvalue weighted by Gasteiger charge is -2.22. The molecule has 24 heavy (non-hydrogen) atoms. The second-order valence-electron chi connectivity index (χ2n) is 7.08. The summed E-state index contributed by atoms with van der Waals surface area (Å²) in [6, 6.07) is 10.9. The van der Waals surface area contributed by atoms with Gasteiger partial charge in [0, 0.05) is 38.6 Å². The highest BCUT2D eigenvalue weighted by molar-refractivity contribution is 5.80. The average molecular weight is 329 g/mol. The normalized spacial score (nSPS) is 25.4. The zero-order valence-electron chi connectivity index (χ0n) is 15.2. The molecule has 1 aromatic carbocycles. The third-order valence-corrected chi connectivity index (χ3v) is 5.41. The van der Waals surface area contributed by atoms with Crippen molar-refractivity contribution in [2.24, 2.45) is 10.9 Å². The zero-order chi connectivity index (χ0) is 16.8. The number of nitrogens with zero attached hydrogens (tertiary/aromatic N) is 3. The van der Waals surface area contributed by atoms with Crippen molar-refractivity contribution in [2.75, 3.05) is 45.8 Å². The first kappa shape index (κ1) is 17.3. The zero-order valence-corrected chi connectivity index (χ0v) is 15.2. The van der Waals surface area contributed by atoms with Gasteiger partial charge in [0.1, 0.15) is 0 Å². The van der Waals surface area contributed by atoms with E-state index in [1.165, 1.54) is 38.0 Å². The molecule has 132 valence electrons. The van der Waals surface area contributed by atoms with Gasteiger partial charge in [-0.1, -0.05) is 37.3 Å². The molecule has 2 atom stereocenters. The largest absolute Gasteiger partial charge is 0.357 e. The standard InChI is InChI=1S/C20H32N4/c1-3-21-20(22-14-17-10-12-23(4-2)15-17)24-13-11-19(16-24)18-8-6-5-7-9-18/h5-9,17,19H,3-4,10-16H2,1-2H3,(H,21,22). The van der Waals surface area contributed by atoms with Gasteiger partial charge in [-0.15, -0.1) is 0 Å². The molecule has 0 radical (unpaired) electrons. The monoisotopic (exact) mass is 328 g/mol. The molecule has 0 amide bonds. The molecule has 0 bridgehead atoms. The average Bonchev–Trinajstić information content (AvgIpc) is 3.29. The molecule has 2 saturated heterocycles. The van der Waals surface area contributed by atoms with E-state index in [1.807, 2.05) is 0 Å². The third-order valence-electron chi connectivity index (χ3n) is 5.41. The number of hydrogen-bond acceptors (Lipinski definition) is 2. The van der Waals surface area contributed by atoms with Gasteiger partial charge in [0.05, 0.1) is 0 Å². The number of likely N-dealkylation sites (tertiary alicyclic amines) is 2. The molecule has 2 aliphatic rings. The van der Waals surface area contributed by atoms with Crippen LogP contribution in [0.15, 0.2) is 35.3 Å². The summed E-state index contributed by atoms with van der Waals surface area (Å²) in [6.07, 6.45) is 2.52. The van der Waals surface area contributed by atoms with Gasteiger partial charge in [-0.2, -0.15) is 0 Å². The Hall–Kier alpha value is -1.55. The minimum atomic E-state index is 0.636. The number of nitrogens with one attached hydrogen (secondary N) is 1. The molecule has 0 aromatic heterocycles. The maximum atomic E-state index is 4.98. The topological polar surface area (TPSA) is 30.9 Å². The SMILES string of the molecule is CCNC(=NCC1CCN(CC)C1)N1CCC(c2ccccc2)C1. The van der Waals surface area contributed by atoms with Crippen LogP contribution < -0.4 is 5.32 Å². The lowest BCUT2D eigenvalue weighted by molar-refractivity contribution is 0.343. The fourth-order valence-corrected chi connectivity index (χ4v) is 3.94. The molecule has 2 aliphatic heterocycles. The summed E-state index contributed by atoms with van der Waals surface area (Å²) in [7, 11) is 0. The van der Waals surface area contributed by atoms with Crippen molar-refractivity contribution < 1.29 is 0 Å². The quantitative estimate of drug-likeness (QED) is 0.666. The first-order valence-corrected chi connectivity index (χ1v) is 9.60. The molecule has 3 rings (SSSR count). The summed E-state index contributed by atoms with van der Waals surface area (Å²) in [4.78, 5) is 9.97. The van der Waals surface area contributed by atoms with Gasteiger partial charge in [0.2, 0.25) is 0 Å². The van der Waals surface area contributed by atoms with Gasteiger partial charge in [0.15, 0.2) is 5.96 Å². The van der Waals surface area contributed by atoms with E-state index in [2.05, 4.69) is 59.3 Å². The Balaban J connectivity index is 1.58. The first-order valence-electron chi connectivity index (χ1n) is 9.60. The van der Waals surface area contributed by atoms with Crippen LogP contribution in [0.2, 0.25) is 0 Å². The predicted octanol–water partition coefficient (Wildman–Crippen LogP) is 2.78. The van der Waals surface area contributed by atoms with Crippen LogP contribution in [0.5, 0.6) is 0 Å². The van der Waals surface area contributed by atoms with Gasteiger partial charge in [-0.3, -0.25) is 4.99 Å². The van der Waals surface area contributed by atoms with Crippen molar-refractivity contribution in [3.63, 3.8) is 0 Å². The summed E-state index contributed by atoms with van der Waals surface area (Å²) in [6.45, 7) is 12.1. The molecule has 4 nitrogen and oxygen atoms in total. The molecule has 0 saturated carbocycles. The number of guanidine groups is 1. The lowest BCUT2D eigenvalue weighted by atomic mass is 9.99. The van der Waals surface area contributed by atoms with Crippen LogP contribution in [0.25, 0.3) is 0 Å². The van der Waals surface area contributed by atoms with E-state index < -0.39 is 0 Å². The molecule has 1 N–H and O–H groups in total. The van der Waals surface area contributed by atoms with Crippen molar-refractivity contribution in [1.82, 2.24) is 15.1 Å². The van der Waals surface area contributed by atoms with Gasteiger partial charge >= 0.3 is 0 Å². The highest BCUT2D eigenvalue weighted by Gasteiger charge is 2.26. The fourth-order valence-electron chi connectivity index (χ4n) is 3.94. The maximum Gasteiger partial charge on any atom is 0.193 e. The number of aliphatic imine (C=N–C) groups is 1. The number of rotatable bonds is 5. The molecule has 2 heterocycles. The van der Waals surface area contributed by atoms with Crippen LogP contribution in [0.4, 0.5) is 0 Å². The molecule has 4 heteroatoms. The Kier molecular flexibility index (Phi) is 6.13. The molecule has 2 fully saturated rings. The van der Waals surface area contributed by atoms with Crippen molar-refractivity contribution in [3.8, 4) is 0 Å². The van der Waals surface area contributed by atoms with Crippen molar-refractivity contribution in [3.05, 3.63) is 35.9 Å². The number of hydrogen-bond donors (Lipinski definition) is 1. The Morgan fingerprint density at radius 1 is 1.12 bits per heavy atom. The highest BCUT2D eigenvalue weighted by atomic mass is 15.3. The van der Waals surface area contributed by atoms with Crippen LogP contribution in [0.1, 0.15) is 38.2 Å². The highest BCUT2D eigenvalue weighted by Crippen LogP contribution is 2.27. The van der Waals surface area contributed by atoms with Crippen LogP contribution in [-0.4, -0.2) is 61.6 Å². The van der Waals surface area contributed by atoms with Gasteiger partial charge < -0.3 is 15.1 Å². The van der Waals surface area contributed by atoms with Gasteiger partial charge in [-0.05, 0) is 44.3 Å². The summed E-state index contributed by atoms with van der Waals surface area (Å²) in [5, 5.41) is 3.51. The maximum absolute atomic E-state index is 4.98. The Labute approximate surface area is 146 Å². The lowest BCUT2D eigenvalue weighted by Crippen LogP contribution is -2.40. The van der Waals surface area contributed by atoms with Gasteiger partial charge in [-0.25, -0.2) is 0 Å². The summed E-state index contributed by atoms with van der Waals surface area (Å²) in [5.41, 5.74) is 1.46. The third kappa shape index (κ3) is 4.29. The fraction of sp³-hybridized carbons (Fsp3) is 0.650. The summed E-state index contributed by atoms with van der Waals surface area (Å²) < 4.78 is 0. The minimum Gasteiger partial charge on any atom is -0.357 e. The van der Waals surface area contributed by atoms with E-state index >= 15 is 0 Å². The Morgan fingerprint density at radius 2 is 1.96 bits per heavy atom. The van der Waals surface area contributed by atoms with E-state index in [-0.39, 0.29) is 0 Å². The molecular weight excluding hydrogens is 296 g/mol. The summed E-state index contributed by atoms with van der Waals surface area (Å²) >= 11 is 0. The predicted molar refractivity (Wildman–Crippen MR) is 102 cm³/mol. The smallest absolute Gasteiger partial charge is 0.193 e. The van der Waals surface area contributed by atoms with Crippen LogP contribution in [-0.2, 0) is 0 Å². The molecule has 0 spiro atoms. The molecule has 2 unspecified atom stereocenters. The van der Waals surface area contributed by atoms with Crippen LogP contribution in [0.3, 0.4) is 0 Å². The van der Waals surface area contributed by atoms with E-state index in [0.717, 1.165) is 38.1 Å². The van der Waals surface area contributed by atoms with E-state index in [9.17, 15) is 0 Å². The summed E-state index contributed by atoms with van der Waals surface area (Å²) in [5.74, 6) is 2.48.